The fourth-order valence-electron chi connectivity index (χ4n) is 4.05. The largest absolute Gasteiger partial charge is 0.331 e. The minimum absolute atomic E-state index is 0.00120. The molecule has 2 fully saturated rings. The summed E-state index contributed by atoms with van der Waals surface area (Å²) in [7, 11) is 0. The third-order valence-corrected chi connectivity index (χ3v) is 5.52. The van der Waals surface area contributed by atoms with Crippen molar-refractivity contribution in [1.82, 2.24) is 14.8 Å². The van der Waals surface area contributed by atoms with Crippen LogP contribution >= 0.6 is 0 Å². The molecule has 144 valence electrons. The number of urea groups is 1. The lowest BCUT2D eigenvalue weighted by atomic mass is 9.93. The van der Waals surface area contributed by atoms with Gasteiger partial charge in [0.25, 0.3) is 11.8 Å². The summed E-state index contributed by atoms with van der Waals surface area (Å²) in [5.41, 5.74) is 2.77. The monoisotopic (exact) mass is 377 g/mol. The van der Waals surface area contributed by atoms with Gasteiger partial charge in [-0.2, -0.15) is 0 Å². The molecule has 2 aromatic rings. The van der Waals surface area contributed by atoms with Crippen molar-refractivity contribution in [2.45, 2.75) is 45.1 Å². The molecule has 1 aromatic heterocycles. The van der Waals surface area contributed by atoms with Gasteiger partial charge in [-0.05, 0) is 49.6 Å². The first kappa shape index (κ1) is 18.2. The second-order valence-electron chi connectivity index (χ2n) is 7.37. The number of benzene rings is 1. The first-order chi connectivity index (χ1) is 13.6. The molecule has 1 aromatic carbocycles. The van der Waals surface area contributed by atoms with Gasteiger partial charge >= 0.3 is 6.03 Å². The molecule has 1 aliphatic carbocycles. The van der Waals surface area contributed by atoms with Gasteiger partial charge < -0.3 is 4.57 Å². The van der Waals surface area contributed by atoms with Crippen molar-refractivity contribution in [3.8, 4) is 5.69 Å². The quantitative estimate of drug-likeness (QED) is 0.656. The number of barbiturate groups is 1. The molecule has 1 aliphatic heterocycles. The Hall–Kier alpha value is -3.15. The number of hydrogen-bond donors (Lipinski definition) is 1. The maximum Gasteiger partial charge on any atom is 0.331 e. The van der Waals surface area contributed by atoms with Gasteiger partial charge in [-0.25, -0.2) is 4.79 Å². The Morgan fingerprint density at radius 2 is 1.75 bits per heavy atom. The fraction of sp³-hybridized carbons (Fsp3) is 0.318. The molecule has 1 saturated carbocycles. The fourth-order valence-corrected chi connectivity index (χ4v) is 4.05. The molecule has 6 nitrogen and oxygen atoms in total. The van der Waals surface area contributed by atoms with Crippen molar-refractivity contribution in [2.75, 3.05) is 0 Å². The number of hydrogen-bond acceptors (Lipinski definition) is 3. The Kier molecular flexibility index (Phi) is 4.86. The van der Waals surface area contributed by atoms with Gasteiger partial charge in [0.05, 0.1) is 0 Å². The molecule has 0 unspecified atom stereocenters. The minimum Gasteiger partial charge on any atom is -0.317 e. The predicted octanol–water partition coefficient (Wildman–Crippen LogP) is 3.58. The van der Waals surface area contributed by atoms with Gasteiger partial charge in [0.2, 0.25) is 0 Å². The molecule has 2 heterocycles. The van der Waals surface area contributed by atoms with E-state index in [1.54, 1.807) is 6.08 Å². The van der Waals surface area contributed by atoms with E-state index in [9.17, 15) is 14.4 Å². The molecule has 4 rings (SSSR count). The first-order valence-corrected chi connectivity index (χ1v) is 9.70. The van der Waals surface area contributed by atoms with Crippen LogP contribution < -0.4 is 5.32 Å². The highest BCUT2D eigenvalue weighted by Gasteiger charge is 2.40. The van der Waals surface area contributed by atoms with E-state index < -0.39 is 17.8 Å². The van der Waals surface area contributed by atoms with Gasteiger partial charge in [0.1, 0.15) is 5.57 Å². The number of amides is 4. The zero-order valence-electron chi connectivity index (χ0n) is 15.9. The molecule has 0 radical (unpaired) electrons. The standard InChI is InChI=1S/C22H23N3O3/c1-15-8-5-6-12-19(15)24-13-7-11-17(24)14-18-20(26)23-22(28)25(21(18)27)16-9-3-2-4-10-16/h5-8,11-14,16H,2-4,9-10H2,1H3,(H,23,26,28)/b18-14+. The molecule has 28 heavy (non-hydrogen) atoms. The SMILES string of the molecule is Cc1ccccc1-n1cccc1/C=C1\C(=O)NC(=O)N(C2CCCCC2)C1=O. The lowest BCUT2D eigenvalue weighted by Crippen LogP contribution is -2.58. The van der Waals surface area contributed by atoms with Gasteiger partial charge in [-0.15, -0.1) is 0 Å². The van der Waals surface area contributed by atoms with E-state index in [0.29, 0.717) is 5.69 Å². The number of carbonyl (C=O) groups excluding carboxylic acids is 3. The number of nitrogens with zero attached hydrogens (tertiary/aromatic N) is 2. The summed E-state index contributed by atoms with van der Waals surface area (Å²) in [6, 6.07) is 10.9. The molecular weight excluding hydrogens is 354 g/mol. The van der Waals surface area contributed by atoms with E-state index in [-0.39, 0.29) is 11.6 Å². The second-order valence-corrected chi connectivity index (χ2v) is 7.37. The summed E-state index contributed by atoms with van der Waals surface area (Å²) >= 11 is 0. The van der Waals surface area contributed by atoms with Crippen LogP contribution in [0.3, 0.4) is 0 Å². The highest BCUT2D eigenvalue weighted by molar-refractivity contribution is 6.31. The Balaban J connectivity index is 1.70. The highest BCUT2D eigenvalue weighted by atomic mass is 16.2. The molecule has 6 heteroatoms. The second kappa shape index (κ2) is 7.46. The number of rotatable bonds is 3. The van der Waals surface area contributed by atoms with E-state index in [4.69, 9.17) is 0 Å². The molecule has 1 N–H and O–H groups in total. The molecule has 0 atom stereocenters. The number of carbonyl (C=O) groups is 3. The minimum atomic E-state index is -0.639. The lowest BCUT2D eigenvalue weighted by Gasteiger charge is -2.35. The Labute approximate surface area is 163 Å². The van der Waals surface area contributed by atoms with Gasteiger partial charge in [-0.1, -0.05) is 37.5 Å². The summed E-state index contributed by atoms with van der Waals surface area (Å²) < 4.78 is 1.93. The molecule has 1 saturated heterocycles. The maximum absolute atomic E-state index is 13.1. The smallest absolute Gasteiger partial charge is 0.317 e. The summed E-state index contributed by atoms with van der Waals surface area (Å²) in [4.78, 5) is 39.1. The third kappa shape index (κ3) is 3.26. The lowest BCUT2D eigenvalue weighted by molar-refractivity contribution is -0.132. The van der Waals surface area contributed by atoms with Gasteiger partial charge in [-0.3, -0.25) is 19.8 Å². The van der Waals surface area contributed by atoms with Crippen LogP contribution in [-0.2, 0) is 9.59 Å². The van der Waals surface area contributed by atoms with Crippen LogP contribution in [-0.4, -0.2) is 33.4 Å². The van der Waals surface area contributed by atoms with Gasteiger partial charge in [0, 0.05) is 23.6 Å². The first-order valence-electron chi connectivity index (χ1n) is 9.70. The number of para-hydroxylation sites is 1. The number of nitrogens with one attached hydrogen (secondary N) is 1. The maximum atomic E-state index is 13.1. The number of aryl methyl sites for hydroxylation is 1. The third-order valence-electron chi connectivity index (χ3n) is 5.52. The number of aromatic nitrogens is 1. The van der Waals surface area contributed by atoms with Crippen molar-refractivity contribution >= 4 is 23.9 Å². The topological polar surface area (TPSA) is 71.4 Å². The highest BCUT2D eigenvalue weighted by Crippen LogP contribution is 2.27. The van der Waals surface area contributed by atoms with Crippen LogP contribution in [0.25, 0.3) is 11.8 Å². The summed E-state index contributed by atoms with van der Waals surface area (Å²) in [5, 5.41) is 2.34. The molecule has 0 spiro atoms. The Morgan fingerprint density at radius 1 is 1.00 bits per heavy atom. The van der Waals surface area contributed by atoms with Crippen LogP contribution in [0.15, 0.2) is 48.2 Å². The molecule has 0 bridgehead atoms. The van der Waals surface area contributed by atoms with Crippen LogP contribution in [0.2, 0.25) is 0 Å². The van der Waals surface area contributed by atoms with Crippen molar-refractivity contribution < 1.29 is 14.4 Å². The van der Waals surface area contributed by atoms with E-state index in [1.165, 1.54) is 4.90 Å². The average Bonchev–Trinajstić information content (AvgIpc) is 3.14. The average molecular weight is 377 g/mol. The van der Waals surface area contributed by atoms with E-state index >= 15 is 0 Å². The van der Waals surface area contributed by atoms with Gasteiger partial charge in [0.15, 0.2) is 0 Å². The van der Waals surface area contributed by atoms with Crippen molar-refractivity contribution in [2.24, 2.45) is 0 Å². The summed E-state index contributed by atoms with van der Waals surface area (Å²) in [6.07, 6.45) is 8.15. The van der Waals surface area contributed by atoms with Crippen molar-refractivity contribution in [1.29, 1.82) is 0 Å². The summed E-state index contributed by atoms with van der Waals surface area (Å²) in [5.74, 6) is -1.14. The Bertz CT molecular complexity index is 967. The normalized spacial score (nSPS) is 20.0. The summed E-state index contributed by atoms with van der Waals surface area (Å²) in [6.45, 7) is 2.01. The van der Waals surface area contributed by atoms with Crippen LogP contribution in [0.1, 0.15) is 43.4 Å². The number of imide groups is 2. The zero-order valence-corrected chi connectivity index (χ0v) is 15.9. The van der Waals surface area contributed by atoms with Crippen molar-refractivity contribution in [3.63, 3.8) is 0 Å². The van der Waals surface area contributed by atoms with E-state index in [0.717, 1.165) is 43.4 Å². The molecule has 4 amide bonds. The van der Waals surface area contributed by atoms with Crippen LogP contribution in [0, 0.1) is 6.92 Å². The Morgan fingerprint density at radius 3 is 2.50 bits per heavy atom. The zero-order chi connectivity index (χ0) is 19.7. The van der Waals surface area contributed by atoms with E-state index in [1.807, 2.05) is 54.1 Å². The van der Waals surface area contributed by atoms with Crippen LogP contribution in [0.5, 0.6) is 0 Å². The van der Waals surface area contributed by atoms with E-state index in [2.05, 4.69) is 5.32 Å². The molecular formula is C22H23N3O3. The predicted molar refractivity (Wildman–Crippen MR) is 106 cm³/mol. The van der Waals surface area contributed by atoms with Crippen molar-refractivity contribution in [3.05, 3.63) is 59.4 Å². The molecule has 2 aliphatic rings. The van der Waals surface area contributed by atoms with Crippen LogP contribution in [0.4, 0.5) is 4.79 Å².